The predicted octanol–water partition coefficient (Wildman–Crippen LogP) is 1.90. The quantitative estimate of drug-likeness (QED) is 0.402. The second kappa shape index (κ2) is 9.99. The number of carbonyl (C=O) groups is 2. The number of ether oxygens (including phenoxy) is 1. The molecule has 164 valence electrons. The first-order chi connectivity index (χ1) is 15.6. The van der Waals surface area contributed by atoms with Gasteiger partial charge in [0.1, 0.15) is 0 Å². The van der Waals surface area contributed by atoms with E-state index in [1.165, 1.54) is 12.4 Å². The fourth-order valence-electron chi connectivity index (χ4n) is 3.44. The summed E-state index contributed by atoms with van der Waals surface area (Å²) in [5, 5.41) is 11.6. The third-order valence-corrected chi connectivity index (χ3v) is 5.17. The van der Waals surface area contributed by atoms with Gasteiger partial charge in [0.2, 0.25) is 5.95 Å². The Morgan fingerprint density at radius 3 is 2.34 bits per heavy atom. The van der Waals surface area contributed by atoms with Gasteiger partial charge in [-0.25, -0.2) is 15.4 Å². The molecule has 32 heavy (non-hydrogen) atoms. The van der Waals surface area contributed by atoms with E-state index in [0.717, 1.165) is 11.1 Å². The van der Waals surface area contributed by atoms with Crippen LogP contribution >= 0.6 is 0 Å². The van der Waals surface area contributed by atoms with Gasteiger partial charge in [-0.05, 0) is 23.3 Å². The lowest BCUT2D eigenvalue weighted by molar-refractivity contribution is 0.0392. The number of amides is 2. The van der Waals surface area contributed by atoms with Gasteiger partial charge in [0.05, 0.1) is 18.3 Å². The highest BCUT2D eigenvalue weighted by Gasteiger charge is 2.23. The van der Waals surface area contributed by atoms with Crippen LogP contribution in [0.1, 0.15) is 20.7 Å². The standard InChI is InChI=1S/C23H23N5O4/c29-21(18-8-6-17(7-9-18)16-4-2-1-3-5-16)24-14-20-15-28(10-11-32-20)23-25-12-19(13-26-23)22(30)27-31/h1-9,12-13,20,31H,10-11,14-15H2,(H,24,29)(H,27,30). The fourth-order valence-corrected chi connectivity index (χ4v) is 3.44. The normalized spacial score (nSPS) is 15.8. The van der Waals surface area contributed by atoms with Crippen LogP contribution < -0.4 is 15.7 Å². The summed E-state index contributed by atoms with van der Waals surface area (Å²) in [6.45, 7) is 1.91. The van der Waals surface area contributed by atoms with Crippen molar-refractivity contribution in [3.8, 4) is 11.1 Å². The average Bonchev–Trinajstić information content (AvgIpc) is 2.87. The van der Waals surface area contributed by atoms with Crippen LogP contribution in [0.4, 0.5) is 5.95 Å². The monoisotopic (exact) mass is 433 g/mol. The van der Waals surface area contributed by atoms with Gasteiger partial charge in [-0.3, -0.25) is 14.8 Å². The minimum absolute atomic E-state index is 0.159. The molecule has 2 aromatic carbocycles. The first-order valence-electron chi connectivity index (χ1n) is 10.2. The summed E-state index contributed by atoms with van der Waals surface area (Å²) >= 11 is 0. The number of nitrogens with zero attached hydrogens (tertiary/aromatic N) is 3. The first-order valence-corrected chi connectivity index (χ1v) is 10.2. The molecule has 2 amide bonds. The van der Waals surface area contributed by atoms with Crippen LogP contribution in [-0.2, 0) is 4.74 Å². The van der Waals surface area contributed by atoms with Gasteiger partial charge < -0.3 is 15.0 Å². The Labute approximate surface area is 185 Å². The summed E-state index contributed by atoms with van der Waals surface area (Å²) in [7, 11) is 0. The molecule has 1 unspecified atom stereocenters. The van der Waals surface area contributed by atoms with Crippen molar-refractivity contribution in [2.45, 2.75) is 6.10 Å². The van der Waals surface area contributed by atoms with Crippen LogP contribution in [0.15, 0.2) is 67.0 Å². The molecule has 2 heterocycles. The second-order valence-corrected chi connectivity index (χ2v) is 7.30. The third-order valence-electron chi connectivity index (χ3n) is 5.17. The predicted molar refractivity (Wildman–Crippen MR) is 117 cm³/mol. The van der Waals surface area contributed by atoms with E-state index in [4.69, 9.17) is 9.94 Å². The van der Waals surface area contributed by atoms with Gasteiger partial charge in [0.25, 0.3) is 11.8 Å². The smallest absolute Gasteiger partial charge is 0.277 e. The summed E-state index contributed by atoms with van der Waals surface area (Å²) in [5.41, 5.74) is 4.44. The van der Waals surface area contributed by atoms with Gasteiger partial charge >= 0.3 is 0 Å². The summed E-state index contributed by atoms with van der Waals surface area (Å²) in [4.78, 5) is 34.2. The number of morpholine rings is 1. The van der Waals surface area contributed by atoms with Crippen molar-refractivity contribution in [2.75, 3.05) is 31.1 Å². The average molecular weight is 433 g/mol. The molecule has 0 bridgehead atoms. The van der Waals surface area contributed by atoms with E-state index in [-0.39, 0.29) is 17.6 Å². The molecule has 1 aliphatic rings. The molecule has 1 saturated heterocycles. The molecule has 1 aliphatic heterocycles. The molecule has 0 spiro atoms. The molecule has 9 nitrogen and oxygen atoms in total. The number of benzene rings is 2. The lowest BCUT2D eigenvalue weighted by Crippen LogP contribution is -2.48. The summed E-state index contributed by atoms with van der Waals surface area (Å²) in [5.74, 6) is -0.382. The van der Waals surface area contributed by atoms with Gasteiger partial charge in [0, 0.05) is 37.6 Å². The van der Waals surface area contributed by atoms with Gasteiger partial charge in [-0.15, -0.1) is 0 Å². The molecule has 1 fully saturated rings. The molecule has 1 atom stereocenters. The minimum Gasteiger partial charge on any atom is -0.373 e. The molecule has 0 saturated carbocycles. The van der Waals surface area contributed by atoms with Crippen LogP contribution in [0.2, 0.25) is 0 Å². The van der Waals surface area contributed by atoms with Gasteiger partial charge in [-0.1, -0.05) is 42.5 Å². The largest absolute Gasteiger partial charge is 0.373 e. The molecule has 3 aromatic rings. The first kappa shape index (κ1) is 21.4. The number of carbonyl (C=O) groups excluding carboxylic acids is 2. The van der Waals surface area contributed by atoms with Crippen molar-refractivity contribution in [1.82, 2.24) is 20.8 Å². The van der Waals surface area contributed by atoms with Crippen LogP contribution in [0, 0.1) is 0 Å². The van der Waals surface area contributed by atoms with Crippen molar-refractivity contribution in [3.05, 3.63) is 78.1 Å². The van der Waals surface area contributed by atoms with E-state index in [1.54, 1.807) is 5.48 Å². The molecule has 4 rings (SSSR count). The van der Waals surface area contributed by atoms with Crippen molar-refractivity contribution in [2.24, 2.45) is 0 Å². The number of nitrogens with one attached hydrogen (secondary N) is 2. The number of rotatable bonds is 6. The Hall–Kier alpha value is -3.82. The lowest BCUT2D eigenvalue weighted by atomic mass is 10.0. The van der Waals surface area contributed by atoms with Crippen LogP contribution in [0.3, 0.4) is 0 Å². The lowest BCUT2D eigenvalue weighted by Gasteiger charge is -2.33. The zero-order valence-electron chi connectivity index (χ0n) is 17.3. The van der Waals surface area contributed by atoms with Gasteiger partial charge in [0.15, 0.2) is 0 Å². The topological polar surface area (TPSA) is 117 Å². The number of hydroxylamine groups is 1. The van der Waals surface area contributed by atoms with Crippen molar-refractivity contribution >= 4 is 17.8 Å². The maximum absolute atomic E-state index is 12.6. The highest BCUT2D eigenvalue weighted by Crippen LogP contribution is 2.19. The van der Waals surface area contributed by atoms with Crippen LogP contribution in [0.25, 0.3) is 11.1 Å². The van der Waals surface area contributed by atoms with E-state index in [0.29, 0.717) is 37.8 Å². The highest BCUT2D eigenvalue weighted by atomic mass is 16.5. The minimum atomic E-state index is -0.670. The van der Waals surface area contributed by atoms with Crippen LogP contribution in [0.5, 0.6) is 0 Å². The molecule has 0 radical (unpaired) electrons. The highest BCUT2D eigenvalue weighted by molar-refractivity contribution is 5.94. The molecular formula is C23H23N5O4. The maximum Gasteiger partial charge on any atom is 0.277 e. The number of aromatic nitrogens is 2. The molecule has 1 aromatic heterocycles. The molecule has 9 heteroatoms. The number of hydrogen-bond donors (Lipinski definition) is 3. The van der Waals surface area contributed by atoms with E-state index in [1.807, 2.05) is 59.5 Å². The summed E-state index contributed by atoms with van der Waals surface area (Å²) in [6, 6.07) is 17.5. The Bertz CT molecular complexity index is 1060. The van der Waals surface area contributed by atoms with E-state index in [2.05, 4.69) is 15.3 Å². The zero-order valence-corrected chi connectivity index (χ0v) is 17.3. The Balaban J connectivity index is 1.31. The van der Waals surface area contributed by atoms with Crippen molar-refractivity contribution < 1.29 is 19.5 Å². The molecule has 3 N–H and O–H groups in total. The Morgan fingerprint density at radius 1 is 0.969 bits per heavy atom. The molecule has 0 aliphatic carbocycles. The summed E-state index contributed by atoms with van der Waals surface area (Å²) < 4.78 is 5.76. The van der Waals surface area contributed by atoms with E-state index < -0.39 is 5.91 Å². The third kappa shape index (κ3) is 5.08. The van der Waals surface area contributed by atoms with E-state index >= 15 is 0 Å². The van der Waals surface area contributed by atoms with Crippen LogP contribution in [-0.4, -0.2) is 59.3 Å². The summed E-state index contributed by atoms with van der Waals surface area (Å²) in [6.07, 6.45) is 2.47. The maximum atomic E-state index is 12.6. The van der Waals surface area contributed by atoms with Crippen molar-refractivity contribution in [1.29, 1.82) is 0 Å². The molecular weight excluding hydrogens is 410 g/mol. The Morgan fingerprint density at radius 2 is 1.66 bits per heavy atom. The van der Waals surface area contributed by atoms with E-state index in [9.17, 15) is 9.59 Å². The zero-order chi connectivity index (χ0) is 22.3. The SMILES string of the molecule is O=C(NO)c1cnc(N2CCOC(CNC(=O)c3ccc(-c4ccccc4)cc3)C2)nc1. The number of anilines is 1. The van der Waals surface area contributed by atoms with Gasteiger partial charge in [-0.2, -0.15) is 0 Å². The fraction of sp³-hybridized carbons (Fsp3) is 0.217. The number of hydrogen-bond acceptors (Lipinski definition) is 7. The second-order valence-electron chi connectivity index (χ2n) is 7.30. The Kier molecular flexibility index (Phi) is 6.69. The van der Waals surface area contributed by atoms with Crippen molar-refractivity contribution in [3.63, 3.8) is 0 Å².